The number of hydrogen-bond acceptors (Lipinski definition) is 8. The first kappa shape index (κ1) is 19.5. The van der Waals surface area contributed by atoms with E-state index in [0.717, 1.165) is 6.07 Å². The van der Waals surface area contributed by atoms with E-state index in [1.54, 1.807) is 6.07 Å². The summed E-state index contributed by atoms with van der Waals surface area (Å²) in [5, 5.41) is 17.9. The number of carbonyl (C=O) groups excluding carboxylic acids is 2. The van der Waals surface area contributed by atoms with Gasteiger partial charge in [-0.15, -0.1) is 0 Å². The Morgan fingerprint density at radius 2 is 1.97 bits per heavy atom. The Balaban J connectivity index is 1.95. The highest BCUT2D eigenvalue weighted by Crippen LogP contribution is 2.26. The number of methoxy groups -OCH3 is 2. The van der Waals surface area contributed by atoms with Crippen molar-refractivity contribution in [1.82, 2.24) is 14.8 Å². The molecule has 1 heterocycles. The van der Waals surface area contributed by atoms with Crippen molar-refractivity contribution in [3.8, 4) is 11.4 Å². The number of amides is 1. The van der Waals surface area contributed by atoms with Crippen LogP contribution in [-0.4, -0.2) is 45.8 Å². The van der Waals surface area contributed by atoms with E-state index in [4.69, 9.17) is 9.47 Å². The molecule has 1 N–H and O–H groups in total. The summed E-state index contributed by atoms with van der Waals surface area (Å²) in [5.74, 6) is -0.920. The summed E-state index contributed by atoms with van der Waals surface area (Å²) in [5.41, 5.74) is 0.0987. The molecule has 0 unspecified atom stereocenters. The van der Waals surface area contributed by atoms with Gasteiger partial charge in [-0.1, -0.05) is 0 Å². The van der Waals surface area contributed by atoms with E-state index in [0.29, 0.717) is 5.75 Å². The van der Waals surface area contributed by atoms with Crippen LogP contribution >= 0.6 is 0 Å². The fourth-order valence-electron chi connectivity index (χ4n) is 2.57. The van der Waals surface area contributed by atoms with Crippen LogP contribution in [0, 0.1) is 10.1 Å². The Morgan fingerprint density at radius 1 is 1.17 bits per heavy atom. The van der Waals surface area contributed by atoms with Gasteiger partial charge in [0.25, 0.3) is 11.6 Å². The molecule has 0 spiro atoms. The molecular formula is C18H15N5O6. The molecule has 11 heteroatoms. The molecule has 3 rings (SSSR count). The minimum atomic E-state index is -0.674. The van der Waals surface area contributed by atoms with Gasteiger partial charge in [0.2, 0.25) is 0 Å². The predicted octanol–water partition coefficient (Wildman–Crippen LogP) is 2.22. The fourth-order valence-corrected chi connectivity index (χ4v) is 2.57. The third-order valence-corrected chi connectivity index (χ3v) is 3.98. The van der Waals surface area contributed by atoms with Gasteiger partial charge in [-0.05, 0) is 30.3 Å². The van der Waals surface area contributed by atoms with E-state index in [1.807, 2.05) is 0 Å². The molecule has 0 atom stereocenters. The molecule has 0 aliphatic carbocycles. The second-order valence-corrected chi connectivity index (χ2v) is 5.66. The van der Waals surface area contributed by atoms with Gasteiger partial charge in [0, 0.05) is 11.6 Å². The molecule has 11 nitrogen and oxygen atoms in total. The van der Waals surface area contributed by atoms with Crippen molar-refractivity contribution in [2.75, 3.05) is 19.5 Å². The predicted molar refractivity (Wildman–Crippen MR) is 100 cm³/mol. The quantitative estimate of drug-likeness (QED) is 0.379. The Kier molecular flexibility index (Phi) is 5.49. The van der Waals surface area contributed by atoms with Gasteiger partial charge in [0.05, 0.1) is 30.4 Å². The smallest absolute Gasteiger partial charge is 0.340 e. The first-order valence-corrected chi connectivity index (χ1v) is 8.15. The van der Waals surface area contributed by atoms with E-state index in [2.05, 4.69) is 15.4 Å². The number of benzene rings is 2. The van der Waals surface area contributed by atoms with Crippen LogP contribution in [0.4, 0.5) is 11.4 Å². The normalized spacial score (nSPS) is 10.3. The van der Waals surface area contributed by atoms with Crippen LogP contribution in [0.2, 0.25) is 0 Å². The van der Waals surface area contributed by atoms with Crippen molar-refractivity contribution in [2.45, 2.75) is 0 Å². The summed E-state index contributed by atoms with van der Waals surface area (Å²) in [4.78, 5) is 39.2. The van der Waals surface area contributed by atoms with Gasteiger partial charge in [0.15, 0.2) is 0 Å². The molecule has 2 aromatic carbocycles. The van der Waals surface area contributed by atoms with Gasteiger partial charge in [-0.3, -0.25) is 14.9 Å². The van der Waals surface area contributed by atoms with Gasteiger partial charge in [0.1, 0.15) is 24.1 Å². The number of esters is 1. The van der Waals surface area contributed by atoms with Crippen LogP contribution in [-0.2, 0) is 4.74 Å². The van der Waals surface area contributed by atoms with Gasteiger partial charge < -0.3 is 14.8 Å². The number of nitrogens with one attached hydrogen (secondary N) is 1. The number of carbonyl (C=O) groups is 2. The van der Waals surface area contributed by atoms with Crippen LogP contribution in [0.3, 0.4) is 0 Å². The number of ether oxygens (including phenoxy) is 2. The fraction of sp³-hybridized carbons (Fsp3) is 0.111. The van der Waals surface area contributed by atoms with Crippen LogP contribution in [0.25, 0.3) is 5.69 Å². The maximum atomic E-state index is 12.7. The molecule has 0 aliphatic heterocycles. The Morgan fingerprint density at radius 3 is 2.59 bits per heavy atom. The standard InChI is InChI=1S/C18H15N5O6/c1-28-12-4-5-14(13(8-12)18(25)29-2)21-17(24)11-3-6-15(16(7-11)23(26)27)22-10-19-9-20-22/h3-10H,1-2H3,(H,21,24). The molecule has 148 valence electrons. The molecule has 0 radical (unpaired) electrons. The van der Waals surface area contributed by atoms with Crippen LogP contribution in [0.1, 0.15) is 20.7 Å². The summed E-state index contributed by atoms with van der Waals surface area (Å²) < 4.78 is 11.0. The third-order valence-electron chi connectivity index (χ3n) is 3.98. The average Bonchev–Trinajstić information content (AvgIpc) is 3.27. The Labute approximate surface area is 164 Å². The summed E-state index contributed by atoms with van der Waals surface area (Å²) in [6, 6.07) is 8.35. The lowest BCUT2D eigenvalue weighted by molar-refractivity contribution is -0.384. The van der Waals surface area contributed by atoms with Gasteiger partial charge >= 0.3 is 5.97 Å². The summed E-state index contributed by atoms with van der Waals surface area (Å²) >= 11 is 0. The van der Waals surface area contributed by atoms with E-state index >= 15 is 0 Å². The molecule has 1 aromatic heterocycles. The van der Waals surface area contributed by atoms with Crippen molar-refractivity contribution in [1.29, 1.82) is 0 Å². The number of nitrogens with zero attached hydrogens (tertiary/aromatic N) is 4. The molecule has 3 aromatic rings. The van der Waals surface area contributed by atoms with Gasteiger partial charge in [-0.25, -0.2) is 14.5 Å². The van der Waals surface area contributed by atoms with Gasteiger partial charge in [-0.2, -0.15) is 5.10 Å². The van der Waals surface area contributed by atoms with E-state index in [-0.39, 0.29) is 28.2 Å². The lowest BCUT2D eigenvalue weighted by Gasteiger charge is -2.12. The Bertz CT molecular complexity index is 1080. The monoisotopic (exact) mass is 397 g/mol. The third kappa shape index (κ3) is 4.03. The van der Waals surface area contributed by atoms with Crippen molar-refractivity contribution in [2.24, 2.45) is 0 Å². The second-order valence-electron chi connectivity index (χ2n) is 5.66. The molecule has 0 saturated carbocycles. The van der Waals surface area contributed by atoms with Crippen molar-refractivity contribution in [3.05, 3.63) is 70.3 Å². The maximum Gasteiger partial charge on any atom is 0.340 e. The van der Waals surface area contributed by atoms with Crippen molar-refractivity contribution in [3.63, 3.8) is 0 Å². The van der Waals surface area contributed by atoms with Crippen molar-refractivity contribution < 1.29 is 24.0 Å². The SMILES string of the molecule is COC(=O)c1cc(OC)ccc1NC(=O)c1ccc(-n2cncn2)c([N+](=O)[O-])c1. The molecule has 0 fully saturated rings. The molecular weight excluding hydrogens is 382 g/mol. The highest BCUT2D eigenvalue weighted by Gasteiger charge is 2.21. The highest BCUT2D eigenvalue weighted by molar-refractivity contribution is 6.08. The number of anilines is 1. The zero-order valence-electron chi connectivity index (χ0n) is 15.4. The minimum Gasteiger partial charge on any atom is -0.497 e. The summed E-state index contributed by atoms with van der Waals surface area (Å²) in [6.45, 7) is 0. The number of nitro groups is 1. The van der Waals surface area contributed by atoms with Crippen molar-refractivity contribution >= 4 is 23.3 Å². The Hall–Kier alpha value is -4.28. The average molecular weight is 397 g/mol. The molecule has 0 bridgehead atoms. The minimum absolute atomic E-state index is 0.0206. The molecule has 0 saturated heterocycles. The first-order chi connectivity index (χ1) is 13.9. The van der Waals surface area contributed by atoms with Crippen LogP contribution in [0.15, 0.2) is 49.1 Å². The maximum absolute atomic E-state index is 12.7. The lowest BCUT2D eigenvalue weighted by Crippen LogP contribution is -2.16. The largest absolute Gasteiger partial charge is 0.497 e. The molecule has 29 heavy (non-hydrogen) atoms. The molecule has 1 amide bonds. The number of nitro benzene ring substituents is 1. The van der Waals surface area contributed by atoms with Crippen LogP contribution in [0.5, 0.6) is 5.75 Å². The van der Waals surface area contributed by atoms with E-state index in [1.165, 1.54) is 55.8 Å². The number of hydrogen-bond donors (Lipinski definition) is 1. The topological polar surface area (TPSA) is 138 Å². The summed E-state index contributed by atoms with van der Waals surface area (Å²) in [7, 11) is 2.64. The van der Waals surface area contributed by atoms with Crippen LogP contribution < -0.4 is 10.1 Å². The number of rotatable bonds is 6. The summed E-state index contributed by atoms with van der Waals surface area (Å²) in [6.07, 6.45) is 2.55. The highest BCUT2D eigenvalue weighted by atomic mass is 16.6. The lowest BCUT2D eigenvalue weighted by atomic mass is 10.1. The van der Waals surface area contributed by atoms with E-state index < -0.39 is 16.8 Å². The number of aromatic nitrogens is 3. The molecule has 0 aliphatic rings. The van der Waals surface area contributed by atoms with E-state index in [9.17, 15) is 19.7 Å². The second kappa shape index (κ2) is 8.17. The first-order valence-electron chi connectivity index (χ1n) is 8.15. The zero-order valence-corrected chi connectivity index (χ0v) is 15.4. The zero-order chi connectivity index (χ0) is 21.0.